The molecule has 0 saturated heterocycles. The highest BCUT2D eigenvalue weighted by molar-refractivity contribution is 14.1. The van der Waals surface area contributed by atoms with Crippen molar-refractivity contribution in [3.05, 3.63) is 0 Å². The fourth-order valence-corrected chi connectivity index (χ4v) is 3.08. The largest absolute Gasteiger partial charge is 0.0903 e. The summed E-state index contributed by atoms with van der Waals surface area (Å²) in [4.78, 5) is 0. The van der Waals surface area contributed by atoms with Crippen LogP contribution in [0.15, 0.2) is 0 Å². The Morgan fingerprint density at radius 2 is 2.29 bits per heavy atom. The van der Waals surface area contributed by atoms with Crippen LogP contribution in [0, 0.1) is 0 Å². The second-order valence-corrected chi connectivity index (χ2v) is 5.60. The van der Waals surface area contributed by atoms with Crippen molar-refractivity contribution in [2.24, 2.45) is 0 Å². The van der Waals surface area contributed by atoms with Gasteiger partial charge < -0.3 is 0 Å². The van der Waals surface area contributed by atoms with Crippen molar-refractivity contribution in [3.8, 4) is 0 Å². The molecule has 0 fully saturated rings. The Balaban J connectivity index is 2.83. The Bertz CT molecular complexity index is 39.1. The van der Waals surface area contributed by atoms with Gasteiger partial charge in [0.2, 0.25) is 0 Å². The molecule has 0 aromatic heterocycles. The lowest BCUT2D eigenvalue weighted by molar-refractivity contribution is 0.871. The molecule has 1 unspecified atom stereocenters. The smallest absolute Gasteiger partial charge is 0.0535 e. The zero-order valence-electron chi connectivity index (χ0n) is 4.87. The predicted octanol–water partition coefficient (Wildman–Crippen LogP) is 2.30. The van der Waals surface area contributed by atoms with Gasteiger partial charge in [-0.05, 0) is 4.05 Å². The number of rotatable bonds is 3. The number of hydrogen-bond acceptors (Lipinski definition) is 0. The van der Waals surface area contributed by atoms with Gasteiger partial charge in [-0.1, -0.05) is 48.4 Å². The maximum atomic E-state index is 2.44. The maximum absolute atomic E-state index is 2.44. The van der Waals surface area contributed by atoms with E-state index in [4.69, 9.17) is 0 Å². The van der Waals surface area contributed by atoms with Crippen molar-refractivity contribution in [3.63, 3.8) is 0 Å². The highest BCUT2D eigenvalue weighted by atomic mass is 127. The molecule has 0 nitrogen and oxygen atoms in total. The zero-order chi connectivity index (χ0) is 5.70. The molecule has 0 aromatic carbocycles. The van der Waals surface area contributed by atoms with Crippen LogP contribution in [0.3, 0.4) is 0 Å². The summed E-state index contributed by atoms with van der Waals surface area (Å²) in [6, 6.07) is 0. The van der Waals surface area contributed by atoms with Crippen LogP contribution < -0.4 is 0 Å². The van der Waals surface area contributed by atoms with Gasteiger partial charge in [-0.2, -0.15) is 0 Å². The minimum absolute atomic E-state index is 0.969. The third kappa shape index (κ3) is 4.81. The van der Waals surface area contributed by atoms with Crippen molar-refractivity contribution in [2.45, 2.75) is 25.8 Å². The summed E-state index contributed by atoms with van der Waals surface area (Å²) < 4.78 is 1.34. The SMILES string of the molecule is CCC(C)[Si]CI. The Morgan fingerprint density at radius 3 is 2.43 bits per heavy atom. The van der Waals surface area contributed by atoms with Crippen molar-refractivity contribution < 1.29 is 0 Å². The fourth-order valence-electron chi connectivity index (χ4n) is 0.276. The summed E-state index contributed by atoms with van der Waals surface area (Å²) in [6.07, 6.45) is 1.35. The summed E-state index contributed by atoms with van der Waals surface area (Å²) in [5.74, 6) is 0. The molecule has 0 amide bonds. The molecule has 0 aliphatic heterocycles. The van der Waals surface area contributed by atoms with Gasteiger partial charge in [-0.15, -0.1) is 0 Å². The summed E-state index contributed by atoms with van der Waals surface area (Å²) in [6.45, 7) is 4.57. The molecule has 2 heteroatoms. The summed E-state index contributed by atoms with van der Waals surface area (Å²) in [5.41, 5.74) is 0.969. The predicted molar refractivity (Wildman–Crippen MR) is 44.4 cm³/mol. The van der Waals surface area contributed by atoms with E-state index in [0.717, 1.165) is 5.54 Å². The third-order valence-electron chi connectivity index (χ3n) is 1.04. The molecule has 0 aromatic rings. The minimum Gasteiger partial charge on any atom is -0.0903 e. The number of hydrogen-bond donors (Lipinski definition) is 0. The molecule has 1 atom stereocenters. The molecule has 0 rings (SSSR count). The van der Waals surface area contributed by atoms with E-state index in [1.807, 2.05) is 0 Å². The van der Waals surface area contributed by atoms with Gasteiger partial charge in [0.05, 0.1) is 9.52 Å². The average molecular weight is 226 g/mol. The van der Waals surface area contributed by atoms with E-state index in [-0.39, 0.29) is 0 Å². The van der Waals surface area contributed by atoms with Crippen molar-refractivity contribution in [1.29, 1.82) is 0 Å². The summed E-state index contributed by atoms with van der Waals surface area (Å²) >= 11 is 2.44. The monoisotopic (exact) mass is 226 g/mol. The van der Waals surface area contributed by atoms with E-state index in [1.165, 1.54) is 20.0 Å². The molecule has 0 heterocycles. The quantitative estimate of drug-likeness (QED) is 0.393. The van der Waals surface area contributed by atoms with Crippen LogP contribution in [0.25, 0.3) is 0 Å². The van der Waals surface area contributed by atoms with E-state index in [0.29, 0.717) is 0 Å². The maximum Gasteiger partial charge on any atom is 0.0535 e. The van der Waals surface area contributed by atoms with Crippen LogP contribution in [0.2, 0.25) is 5.54 Å². The molecule has 0 saturated carbocycles. The first-order chi connectivity index (χ1) is 3.31. The second-order valence-electron chi connectivity index (χ2n) is 1.65. The van der Waals surface area contributed by atoms with Crippen molar-refractivity contribution in [2.75, 3.05) is 4.05 Å². The first kappa shape index (κ1) is 7.95. The number of alkyl halides is 1. The Morgan fingerprint density at radius 1 is 1.71 bits per heavy atom. The van der Waals surface area contributed by atoms with Gasteiger partial charge in [-0.3, -0.25) is 0 Å². The van der Waals surface area contributed by atoms with Crippen LogP contribution in [0.5, 0.6) is 0 Å². The Hall–Kier alpha value is 0.947. The van der Waals surface area contributed by atoms with Gasteiger partial charge in [0.25, 0.3) is 0 Å². The minimum atomic E-state index is 0.969. The molecular weight excluding hydrogens is 215 g/mol. The fraction of sp³-hybridized carbons (Fsp3) is 1.00. The topological polar surface area (TPSA) is 0 Å². The first-order valence-electron chi connectivity index (χ1n) is 2.60. The zero-order valence-corrected chi connectivity index (χ0v) is 8.03. The van der Waals surface area contributed by atoms with E-state index in [1.54, 1.807) is 0 Å². The molecule has 0 aliphatic carbocycles. The molecule has 0 aliphatic rings. The van der Waals surface area contributed by atoms with E-state index >= 15 is 0 Å². The molecular formula is C5H11ISi. The molecule has 0 N–H and O–H groups in total. The van der Waals surface area contributed by atoms with E-state index < -0.39 is 0 Å². The van der Waals surface area contributed by atoms with Crippen LogP contribution >= 0.6 is 22.6 Å². The van der Waals surface area contributed by atoms with E-state index in [2.05, 4.69) is 36.4 Å². The second kappa shape index (κ2) is 5.09. The molecule has 42 valence electrons. The standard InChI is InChI=1S/C5H11ISi/c1-3-5(2)7-4-6/h5H,3-4H2,1-2H3. The van der Waals surface area contributed by atoms with Crippen LogP contribution in [-0.4, -0.2) is 13.6 Å². The summed E-state index contributed by atoms with van der Waals surface area (Å²) in [7, 11) is 1.18. The van der Waals surface area contributed by atoms with Crippen molar-refractivity contribution in [1.82, 2.24) is 0 Å². The molecule has 2 radical (unpaired) electrons. The van der Waals surface area contributed by atoms with Gasteiger partial charge in [-0.25, -0.2) is 0 Å². The Kier molecular flexibility index (Phi) is 5.78. The van der Waals surface area contributed by atoms with Crippen LogP contribution in [0.1, 0.15) is 20.3 Å². The highest BCUT2D eigenvalue weighted by Gasteiger charge is 1.95. The molecule has 0 bridgehead atoms. The normalized spacial score (nSPS) is 14.1. The molecule has 7 heavy (non-hydrogen) atoms. The van der Waals surface area contributed by atoms with Crippen LogP contribution in [0.4, 0.5) is 0 Å². The van der Waals surface area contributed by atoms with Crippen molar-refractivity contribution >= 4 is 32.1 Å². The van der Waals surface area contributed by atoms with Gasteiger partial charge in [0.15, 0.2) is 0 Å². The van der Waals surface area contributed by atoms with Gasteiger partial charge >= 0.3 is 0 Å². The average Bonchev–Trinajstić information content (AvgIpc) is 1.68. The third-order valence-corrected chi connectivity index (χ3v) is 3.62. The van der Waals surface area contributed by atoms with E-state index in [9.17, 15) is 0 Å². The lowest BCUT2D eigenvalue weighted by Crippen LogP contribution is -1.98. The van der Waals surface area contributed by atoms with Gasteiger partial charge in [0, 0.05) is 0 Å². The first-order valence-corrected chi connectivity index (χ1v) is 5.41. The highest BCUT2D eigenvalue weighted by Crippen LogP contribution is 2.05. The number of halogens is 1. The Labute approximate surface area is 62.0 Å². The molecule has 0 spiro atoms. The lowest BCUT2D eigenvalue weighted by Gasteiger charge is -2.00. The van der Waals surface area contributed by atoms with Gasteiger partial charge in [0.1, 0.15) is 0 Å². The van der Waals surface area contributed by atoms with Crippen LogP contribution in [-0.2, 0) is 0 Å². The summed E-state index contributed by atoms with van der Waals surface area (Å²) in [5, 5.41) is 0. The lowest BCUT2D eigenvalue weighted by atomic mass is 10.4.